The predicted octanol–water partition coefficient (Wildman–Crippen LogP) is 3.34. The lowest BCUT2D eigenvalue weighted by atomic mass is 9.93. The molecule has 0 spiro atoms. The smallest absolute Gasteiger partial charge is 0.193 e. The van der Waals surface area contributed by atoms with Crippen molar-refractivity contribution in [2.75, 3.05) is 26.7 Å². The number of hydrogen-bond acceptors (Lipinski definition) is 2. The number of nitrogens with zero attached hydrogens (tertiary/aromatic N) is 4. The van der Waals surface area contributed by atoms with Gasteiger partial charge in [-0.3, -0.25) is 4.99 Å². The van der Waals surface area contributed by atoms with Crippen molar-refractivity contribution in [3.8, 4) is 5.69 Å². The van der Waals surface area contributed by atoms with Gasteiger partial charge in [-0.25, -0.2) is 4.68 Å². The summed E-state index contributed by atoms with van der Waals surface area (Å²) in [6.45, 7) is 7.70. The molecule has 1 aromatic carbocycles. The van der Waals surface area contributed by atoms with Gasteiger partial charge in [-0.05, 0) is 42.0 Å². The number of halogens is 1. The Morgan fingerprint density at radius 3 is 2.60 bits per heavy atom. The molecule has 0 amide bonds. The molecule has 6 heteroatoms. The first-order valence-electron chi connectivity index (χ1n) is 8.62. The first-order chi connectivity index (χ1) is 11.6. The number of aliphatic imine (C=N–C) groups is 1. The molecule has 0 bridgehead atoms. The summed E-state index contributed by atoms with van der Waals surface area (Å²) in [5.41, 5.74) is 2.79. The van der Waals surface area contributed by atoms with Crippen molar-refractivity contribution in [2.24, 2.45) is 10.4 Å². The van der Waals surface area contributed by atoms with E-state index >= 15 is 0 Å². The highest BCUT2D eigenvalue weighted by Crippen LogP contribution is 2.28. The third-order valence-corrected chi connectivity index (χ3v) is 4.59. The second-order valence-electron chi connectivity index (χ2n) is 7.18. The van der Waals surface area contributed by atoms with Gasteiger partial charge in [0, 0.05) is 39.1 Å². The normalized spacial score (nSPS) is 16.6. The van der Waals surface area contributed by atoms with Gasteiger partial charge in [-0.15, -0.1) is 24.0 Å². The van der Waals surface area contributed by atoms with E-state index in [1.165, 1.54) is 12.0 Å². The minimum atomic E-state index is 0. The van der Waals surface area contributed by atoms with E-state index in [2.05, 4.69) is 58.4 Å². The second kappa shape index (κ2) is 8.69. The molecule has 0 radical (unpaired) electrons. The number of aromatic nitrogens is 2. The van der Waals surface area contributed by atoms with Crippen LogP contribution in [0.2, 0.25) is 0 Å². The van der Waals surface area contributed by atoms with Crippen molar-refractivity contribution in [3.63, 3.8) is 0 Å². The molecule has 1 N–H and O–H groups in total. The van der Waals surface area contributed by atoms with Crippen LogP contribution in [0.1, 0.15) is 25.8 Å². The van der Waals surface area contributed by atoms with Crippen LogP contribution in [0, 0.1) is 5.41 Å². The van der Waals surface area contributed by atoms with E-state index in [-0.39, 0.29) is 24.0 Å². The quantitative estimate of drug-likeness (QED) is 0.439. The molecule has 2 aromatic rings. The summed E-state index contributed by atoms with van der Waals surface area (Å²) in [7, 11) is 1.87. The SMILES string of the molecule is CN=C(NCCc1ccc(-n2cccn2)cc1)N1CCC(C)(C)C1.I. The number of hydrogen-bond donors (Lipinski definition) is 1. The van der Waals surface area contributed by atoms with Crippen molar-refractivity contribution in [3.05, 3.63) is 48.3 Å². The minimum Gasteiger partial charge on any atom is -0.356 e. The summed E-state index contributed by atoms with van der Waals surface area (Å²) in [5.74, 6) is 1.02. The van der Waals surface area contributed by atoms with Crippen LogP contribution in [0.3, 0.4) is 0 Å². The van der Waals surface area contributed by atoms with Crippen LogP contribution in [0.15, 0.2) is 47.7 Å². The maximum atomic E-state index is 4.43. The Kier molecular flexibility index (Phi) is 6.87. The van der Waals surface area contributed by atoms with Gasteiger partial charge >= 0.3 is 0 Å². The molecule has 3 rings (SSSR count). The fraction of sp³-hybridized carbons (Fsp3) is 0.474. The largest absolute Gasteiger partial charge is 0.356 e. The van der Waals surface area contributed by atoms with Crippen LogP contribution < -0.4 is 5.32 Å². The van der Waals surface area contributed by atoms with Gasteiger partial charge in [0.05, 0.1) is 5.69 Å². The Hall–Kier alpha value is -1.57. The number of nitrogens with one attached hydrogen (secondary N) is 1. The summed E-state index contributed by atoms with van der Waals surface area (Å²) in [6.07, 6.45) is 5.96. The average molecular weight is 453 g/mol. The van der Waals surface area contributed by atoms with Crippen molar-refractivity contribution in [1.29, 1.82) is 0 Å². The Bertz CT molecular complexity index is 676. The van der Waals surface area contributed by atoms with E-state index in [9.17, 15) is 0 Å². The molecule has 1 fully saturated rings. The molecule has 1 saturated heterocycles. The molecule has 1 aromatic heterocycles. The first-order valence-corrected chi connectivity index (χ1v) is 8.62. The third-order valence-electron chi connectivity index (χ3n) is 4.59. The van der Waals surface area contributed by atoms with E-state index in [1.807, 2.05) is 24.0 Å². The number of likely N-dealkylation sites (tertiary alicyclic amines) is 1. The lowest BCUT2D eigenvalue weighted by molar-refractivity contribution is 0.370. The zero-order chi connectivity index (χ0) is 17.0. The van der Waals surface area contributed by atoms with E-state index in [1.54, 1.807) is 6.20 Å². The van der Waals surface area contributed by atoms with Crippen LogP contribution >= 0.6 is 24.0 Å². The zero-order valence-electron chi connectivity index (χ0n) is 15.3. The van der Waals surface area contributed by atoms with Crippen molar-refractivity contribution < 1.29 is 0 Å². The second-order valence-corrected chi connectivity index (χ2v) is 7.18. The molecule has 0 saturated carbocycles. The topological polar surface area (TPSA) is 45.5 Å². The molecule has 0 unspecified atom stereocenters. The van der Waals surface area contributed by atoms with Crippen LogP contribution in [-0.2, 0) is 6.42 Å². The highest BCUT2D eigenvalue weighted by molar-refractivity contribution is 14.0. The van der Waals surface area contributed by atoms with Gasteiger partial charge in [-0.2, -0.15) is 5.10 Å². The molecule has 0 aliphatic carbocycles. The molecule has 1 aliphatic heterocycles. The van der Waals surface area contributed by atoms with Gasteiger partial charge < -0.3 is 10.2 Å². The van der Waals surface area contributed by atoms with Gasteiger partial charge in [-0.1, -0.05) is 26.0 Å². The number of guanidine groups is 1. The maximum Gasteiger partial charge on any atom is 0.193 e. The van der Waals surface area contributed by atoms with Gasteiger partial charge in [0.1, 0.15) is 0 Å². The zero-order valence-corrected chi connectivity index (χ0v) is 17.6. The van der Waals surface area contributed by atoms with E-state index < -0.39 is 0 Å². The lowest BCUT2D eigenvalue weighted by Gasteiger charge is -2.23. The van der Waals surface area contributed by atoms with Gasteiger partial charge in [0.2, 0.25) is 0 Å². The lowest BCUT2D eigenvalue weighted by Crippen LogP contribution is -2.41. The Labute approximate surface area is 167 Å². The highest BCUT2D eigenvalue weighted by Gasteiger charge is 2.30. The molecule has 5 nitrogen and oxygen atoms in total. The summed E-state index contributed by atoms with van der Waals surface area (Å²) < 4.78 is 1.87. The van der Waals surface area contributed by atoms with Crippen LogP contribution in [0.5, 0.6) is 0 Å². The Balaban J connectivity index is 0.00000225. The number of benzene rings is 1. The molecule has 0 atom stereocenters. The van der Waals surface area contributed by atoms with E-state index in [0.717, 1.165) is 37.7 Å². The maximum absolute atomic E-state index is 4.43. The fourth-order valence-electron chi connectivity index (χ4n) is 3.18. The van der Waals surface area contributed by atoms with Crippen LogP contribution in [-0.4, -0.2) is 47.3 Å². The first kappa shape index (κ1) is 19.8. The minimum absolute atomic E-state index is 0. The van der Waals surface area contributed by atoms with Crippen LogP contribution in [0.25, 0.3) is 5.69 Å². The fourth-order valence-corrected chi connectivity index (χ4v) is 3.18. The Morgan fingerprint density at radius 1 is 1.28 bits per heavy atom. The monoisotopic (exact) mass is 453 g/mol. The summed E-state index contributed by atoms with van der Waals surface area (Å²) in [6, 6.07) is 10.5. The highest BCUT2D eigenvalue weighted by atomic mass is 127. The van der Waals surface area contributed by atoms with E-state index in [0.29, 0.717) is 5.41 Å². The average Bonchev–Trinajstić information content (AvgIpc) is 3.22. The molecule has 136 valence electrons. The number of rotatable bonds is 4. The van der Waals surface area contributed by atoms with Gasteiger partial charge in [0.25, 0.3) is 0 Å². The third kappa shape index (κ3) is 5.20. The van der Waals surface area contributed by atoms with Crippen molar-refractivity contribution in [2.45, 2.75) is 26.7 Å². The molecule has 2 heterocycles. The Morgan fingerprint density at radius 2 is 2.04 bits per heavy atom. The molecular weight excluding hydrogens is 425 g/mol. The molecular formula is C19H28IN5. The van der Waals surface area contributed by atoms with Crippen molar-refractivity contribution in [1.82, 2.24) is 20.0 Å². The van der Waals surface area contributed by atoms with Crippen LogP contribution in [0.4, 0.5) is 0 Å². The summed E-state index contributed by atoms with van der Waals surface area (Å²) in [4.78, 5) is 6.80. The standard InChI is InChI=1S/C19H27N5.HI/c1-19(2)10-14-23(15-19)18(20-3)21-12-9-16-5-7-17(8-6-16)24-13-4-11-22-24;/h4-8,11,13H,9-10,12,14-15H2,1-3H3,(H,20,21);1H. The predicted molar refractivity (Wildman–Crippen MR) is 114 cm³/mol. The molecule has 1 aliphatic rings. The summed E-state index contributed by atoms with van der Waals surface area (Å²) >= 11 is 0. The molecule has 25 heavy (non-hydrogen) atoms. The summed E-state index contributed by atoms with van der Waals surface area (Å²) in [5, 5.41) is 7.75. The van der Waals surface area contributed by atoms with Crippen molar-refractivity contribution >= 4 is 29.9 Å². The van der Waals surface area contributed by atoms with E-state index in [4.69, 9.17) is 0 Å². The van der Waals surface area contributed by atoms with Gasteiger partial charge in [0.15, 0.2) is 5.96 Å².